The minimum absolute atomic E-state index is 0.0964. The number of para-hydroxylation sites is 1. The highest BCUT2D eigenvalue weighted by Crippen LogP contribution is 2.27. The van der Waals surface area contributed by atoms with E-state index in [2.05, 4.69) is 12.2 Å². The summed E-state index contributed by atoms with van der Waals surface area (Å²) in [6.45, 7) is 2.08. The molecular weight excluding hydrogens is 270 g/mol. The Hall–Kier alpha value is -1.81. The van der Waals surface area contributed by atoms with Crippen LogP contribution >= 0.6 is 0 Å². The van der Waals surface area contributed by atoms with Crippen molar-refractivity contribution >= 4 is 15.5 Å². The number of anilines is 1. The SMILES string of the molecule is CCC(Nc1ccccc1S(C)(=O)=O)c1ccccc1. The second kappa shape index (κ2) is 6.09. The zero-order valence-corrected chi connectivity index (χ0v) is 12.5. The van der Waals surface area contributed by atoms with Crippen molar-refractivity contribution in [2.45, 2.75) is 24.3 Å². The second-order valence-corrected chi connectivity index (χ2v) is 6.77. The zero-order chi connectivity index (χ0) is 14.6. The van der Waals surface area contributed by atoms with Crippen molar-refractivity contribution in [2.24, 2.45) is 0 Å². The first-order valence-electron chi connectivity index (χ1n) is 6.63. The predicted octanol–water partition coefficient (Wildman–Crippen LogP) is 3.65. The van der Waals surface area contributed by atoms with Crippen molar-refractivity contribution in [3.05, 3.63) is 60.2 Å². The third-order valence-electron chi connectivity index (χ3n) is 3.23. The summed E-state index contributed by atoms with van der Waals surface area (Å²) in [6, 6.07) is 17.2. The first-order valence-corrected chi connectivity index (χ1v) is 8.52. The highest BCUT2D eigenvalue weighted by Gasteiger charge is 2.15. The van der Waals surface area contributed by atoms with Gasteiger partial charge in [0.2, 0.25) is 0 Å². The van der Waals surface area contributed by atoms with Gasteiger partial charge in [0, 0.05) is 6.26 Å². The van der Waals surface area contributed by atoms with E-state index in [1.807, 2.05) is 42.5 Å². The quantitative estimate of drug-likeness (QED) is 0.914. The monoisotopic (exact) mass is 289 g/mol. The van der Waals surface area contributed by atoms with E-state index in [0.717, 1.165) is 12.0 Å². The van der Waals surface area contributed by atoms with Gasteiger partial charge in [-0.15, -0.1) is 0 Å². The first kappa shape index (κ1) is 14.6. The molecule has 2 aromatic carbocycles. The van der Waals surface area contributed by atoms with Crippen LogP contribution < -0.4 is 5.32 Å². The van der Waals surface area contributed by atoms with Crippen molar-refractivity contribution in [3.8, 4) is 0 Å². The number of hydrogen-bond donors (Lipinski definition) is 1. The molecule has 3 nitrogen and oxygen atoms in total. The fourth-order valence-corrected chi connectivity index (χ4v) is 3.06. The van der Waals surface area contributed by atoms with Crippen LogP contribution in [0.25, 0.3) is 0 Å². The fraction of sp³-hybridized carbons (Fsp3) is 0.250. The minimum Gasteiger partial charge on any atom is -0.377 e. The van der Waals surface area contributed by atoms with Crippen LogP contribution in [0.3, 0.4) is 0 Å². The highest BCUT2D eigenvalue weighted by atomic mass is 32.2. The van der Waals surface area contributed by atoms with Crippen LogP contribution in [0.2, 0.25) is 0 Å². The summed E-state index contributed by atoms with van der Waals surface area (Å²) in [6.07, 6.45) is 2.11. The number of rotatable bonds is 5. The third kappa shape index (κ3) is 3.39. The Bertz CT molecular complexity index is 666. The molecule has 0 aliphatic rings. The zero-order valence-electron chi connectivity index (χ0n) is 11.7. The molecule has 106 valence electrons. The Morgan fingerprint density at radius 2 is 1.60 bits per heavy atom. The largest absolute Gasteiger partial charge is 0.377 e. The van der Waals surface area contributed by atoms with Crippen LogP contribution in [-0.4, -0.2) is 14.7 Å². The molecule has 0 radical (unpaired) electrons. The van der Waals surface area contributed by atoms with Crippen molar-refractivity contribution in [1.29, 1.82) is 0 Å². The number of hydrogen-bond acceptors (Lipinski definition) is 3. The summed E-state index contributed by atoms with van der Waals surface area (Å²) < 4.78 is 23.6. The molecule has 0 aromatic heterocycles. The van der Waals surface area contributed by atoms with Crippen LogP contribution in [0, 0.1) is 0 Å². The molecule has 0 spiro atoms. The summed E-state index contributed by atoms with van der Waals surface area (Å²) >= 11 is 0. The molecule has 0 saturated heterocycles. The van der Waals surface area contributed by atoms with Gasteiger partial charge in [-0.3, -0.25) is 0 Å². The van der Waals surface area contributed by atoms with E-state index in [4.69, 9.17) is 0 Å². The minimum atomic E-state index is -3.23. The van der Waals surface area contributed by atoms with E-state index in [-0.39, 0.29) is 6.04 Å². The van der Waals surface area contributed by atoms with Gasteiger partial charge in [-0.25, -0.2) is 8.42 Å². The molecule has 0 fully saturated rings. The average Bonchev–Trinajstić information content (AvgIpc) is 2.45. The van der Waals surface area contributed by atoms with Gasteiger partial charge in [0.05, 0.1) is 16.6 Å². The molecule has 0 amide bonds. The summed E-state index contributed by atoms with van der Waals surface area (Å²) in [5, 5.41) is 3.34. The molecule has 0 aliphatic carbocycles. The Kier molecular flexibility index (Phi) is 4.45. The van der Waals surface area contributed by atoms with Gasteiger partial charge in [0.15, 0.2) is 9.84 Å². The molecule has 2 rings (SSSR count). The molecule has 1 atom stereocenters. The number of sulfone groups is 1. The van der Waals surface area contributed by atoms with Crippen LogP contribution in [0.1, 0.15) is 24.9 Å². The molecule has 0 bridgehead atoms. The molecular formula is C16H19NO2S. The Balaban J connectivity index is 2.34. The Labute approximate surface area is 120 Å². The van der Waals surface area contributed by atoms with Crippen LogP contribution in [-0.2, 0) is 9.84 Å². The van der Waals surface area contributed by atoms with E-state index in [0.29, 0.717) is 10.6 Å². The standard InChI is InChI=1S/C16H19NO2S/c1-3-14(13-9-5-4-6-10-13)17-15-11-7-8-12-16(15)20(2,18)19/h4-12,14,17H,3H2,1-2H3. The molecule has 20 heavy (non-hydrogen) atoms. The lowest BCUT2D eigenvalue weighted by atomic mass is 10.0. The maximum Gasteiger partial charge on any atom is 0.177 e. The van der Waals surface area contributed by atoms with E-state index >= 15 is 0 Å². The van der Waals surface area contributed by atoms with Crippen LogP contribution in [0.4, 0.5) is 5.69 Å². The molecule has 0 aliphatic heterocycles. The predicted molar refractivity (Wildman–Crippen MR) is 82.6 cm³/mol. The summed E-state index contributed by atoms with van der Waals surface area (Å²) in [4.78, 5) is 0.342. The Morgan fingerprint density at radius 3 is 2.20 bits per heavy atom. The number of nitrogens with one attached hydrogen (secondary N) is 1. The summed E-state index contributed by atoms with van der Waals surface area (Å²) in [5.74, 6) is 0. The smallest absolute Gasteiger partial charge is 0.177 e. The lowest BCUT2D eigenvalue weighted by Crippen LogP contribution is -2.12. The lowest BCUT2D eigenvalue weighted by molar-refractivity contribution is 0.602. The van der Waals surface area contributed by atoms with Crippen molar-refractivity contribution in [3.63, 3.8) is 0 Å². The topological polar surface area (TPSA) is 46.2 Å². The highest BCUT2D eigenvalue weighted by molar-refractivity contribution is 7.90. The Morgan fingerprint density at radius 1 is 1.00 bits per heavy atom. The van der Waals surface area contributed by atoms with Crippen molar-refractivity contribution < 1.29 is 8.42 Å². The lowest BCUT2D eigenvalue weighted by Gasteiger charge is -2.20. The van der Waals surface area contributed by atoms with Gasteiger partial charge < -0.3 is 5.32 Å². The van der Waals surface area contributed by atoms with E-state index in [1.165, 1.54) is 6.26 Å². The summed E-state index contributed by atoms with van der Waals surface area (Å²) in [5.41, 5.74) is 1.81. The van der Waals surface area contributed by atoms with Gasteiger partial charge in [-0.2, -0.15) is 0 Å². The van der Waals surface area contributed by atoms with Gasteiger partial charge in [0.1, 0.15) is 0 Å². The molecule has 1 N–H and O–H groups in total. The first-order chi connectivity index (χ1) is 9.52. The molecule has 0 heterocycles. The van der Waals surface area contributed by atoms with Gasteiger partial charge in [0.25, 0.3) is 0 Å². The molecule has 1 unspecified atom stereocenters. The molecule has 2 aromatic rings. The summed E-state index contributed by atoms with van der Waals surface area (Å²) in [7, 11) is -3.23. The maximum atomic E-state index is 11.8. The molecule has 4 heteroatoms. The van der Waals surface area contributed by atoms with E-state index in [9.17, 15) is 8.42 Å². The van der Waals surface area contributed by atoms with Crippen molar-refractivity contribution in [2.75, 3.05) is 11.6 Å². The van der Waals surface area contributed by atoms with Gasteiger partial charge in [-0.05, 0) is 24.1 Å². The van der Waals surface area contributed by atoms with Crippen LogP contribution in [0.15, 0.2) is 59.5 Å². The third-order valence-corrected chi connectivity index (χ3v) is 4.38. The average molecular weight is 289 g/mol. The molecule has 0 saturated carbocycles. The van der Waals surface area contributed by atoms with Gasteiger partial charge in [-0.1, -0.05) is 49.4 Å². The van der Waals surface area contributed by atoms with Crippen molar-refractivity contribution in [1.82, 2.24) is 0 Å². The van der Waals surface area contributed by atoms with E-state index in [1.54, 1.807) is 12.1 Å². The van der Waals surface area contributed by atoms with Gasteiger partial charge >= 0.3 is 0 Å². The maximum absolute atomic E-state index is 11.8. The van der Waals surface area contributed by atoms with E-state index < -0.39 is 9.84 Å². The normalized spacial score (nSPS) is 12.9. The number of benzene rings is 2. The second-order valence-electron chi connectivity index (χ2n) is 4.78. The fourth-order valence-electron chi connectivity index (χ4n) is 2.20. The van der Waals surface area contributed by atoms with Crippen LogP contribution in [0.5, 0.6) is 0 Å².